The maximum Gasteiger partial charge on any atom is 0.241 e. The summed E-state index contributed by atoms with van der Waals surface area (Å²) in [4.78, 5) is 9.83. The molecule has 1 aliphatic heterocycles. The summed E-state index contributed by atoms with van der Waals surface area (Å²) in [5, 5.41) is 5.41. The lowest BCUT2D eigenvalue weighted by molar-refractivity contribution is 0.209. The molecule has 0 unspecified atom stereocenters. The van der Waals surface area contributed by atoms with Gasteiger partial charge in [0.2, 0.25) is 5.88 Å². The Balaban J connectivity index is 1.70. The van der Waals surface area contributed by atoms with Gasteiger partial charge >= 0.3 is 0 Å². The zero-order chi connectivity index (χ0) is 12.9. The van der Waals surface area contributed by atoms with Crippen molar-refractivity contribution < 1.29 is 4.74 Å². The molecule has 1 fully saturated rings. The topological polar surface area (TPSA) is 47.0 Å². The van der Waals surface area contributed by atoms with Gasteiger partial charge in [0.1, 0.15) is 5.69 Å². The lowest BCUT2D eigenvalue weighted by atomic mass is 9.99. The summed E-state index contributed by atoms with van der Waals surface area (Å²) in [6.07, 6.45) is 5.75. The highest BCUT2D eigenvalue weighted by Gasteiger charge is 2.16. The molecule has 2 aromatic rings. The second kappa shape index (κ2) is 6.12. The Morgan fingerprint density at radius 1 is 1.26 bits per heavy atom. The normalized spacial score (nSPS) is 16.4. The average molecular weight is 275 g/mol. The Morgan fingerprint density at radius 3 is 2.89 bits per heavy atom. The van der Waals surface area contributed by atoms with Crippen molar-refractivity contribution in [1.82, 2.24) is 15.3 Å². The van der Waals surface area contributed by atoms with Crippen molar-refractivity contribution in [3.05, 3.63) is 29.9 Å². The minimum atomic E-state index is 0.624. The van der Waals surface area contributed by atoms with E-state index in [4.69, 9.17) is 4.74 Å². The van der Waals surface area contributed by atoms with E-state index in [-0.39, 0.29) is 0 Å². The first-order valence-electron chi connectivity index (χ1n) is 6.62. The highest BCUT2D eigenvalue weighted by Crippen LogP contribution is 2.29. The Bertz CT molecular complexity index is 509. The number of ether oxygens (including phenoxy) is 1. The van der Waals surface area contributed by atoms with Crippen LogP contribution in [0.1, 0.15) is 12.8 Å². The molecule has 0 saturated carbocycles. The maximum atomic E-state index is 5.91. The van der Waals surface area contributed by atoms with Crippen molar-refractivity contribution in [3.63, 3.8) is 0 Å². The molecule has 19 heavy (non-hydrogen) atoms. The third-order valence-electron chi connectivity index (χ3n) is 3.33. The van der Waals surface area contributed by atoms with E-state index in [1.807, 2.05) is 17.5 Å². The summed E-state index contributed by atoms with van der Waals surface area (Å²) in [6, 6.07) is 4.07. The molecule has 0 spiro atoms. The van der Waals surface area contributed by atoms with Gasteiger partial charge in [0.05, 0.1) is 11.5 Å². The molecule has 0 amide bonds. The monoisotopic (exact) mass is 275 g/mol. The van der Waals surface area contributed by atoms with Crippen molar-refractivity contribution in [2.75, 3.05) is 19.7 Å². The van der Waals surface area contributed by atoms with E-state index < -0.39 is 0 Å². The average Bonchev–Trinajstić information content (AvgIpc) is 3.01. The van der Waals surface area contributed by atoms with Gasteiger partial charge in [-0.3, -0.25) is 0 Å². The quantitative estimate of drug-likeness (QED) is 0.931. The fourth-order valence-corrected chi connectivity index (χ4v) is 2.97. The molecular formula is C14H17N3OS. The van der Waals surface area contributed by atoms with Gasteiger partial charge in [0.15, 0.2) is 0 Å². The largest absolute Gasteiger partial charge is 0.476 e. The first-order chi connectivity index (χ1) is 9.43. The standard InChI is InChI=1S/C14H17N3OS/c1-2-12(19-9-1)13-14(17-8-7-16-13)18-10-11-3-5-15-6-4-11/h1-2,7-9,11,15H,3-6,10H2. The van der Waals surface area contributed by atoms with Gasteiger partial charge in [-0.15, -0.1) is 11.3 Å². The van der Waals surface area contributed by atoms with Crippen LogP contribution in [-0.2, 0) is 0 Å². The molecule has 5 heteroatoms. The molecule has 100 valence electrons. The van der Waals surface area contributed by atoms with Crippen LogP contribution in [-0.4, -0.2) is 29.7 Å². The number of nitrogens with zero attached hydrogens (tertiary/aromatic N) is 2. The zero-order valence-electron chi connectivity index (χ0n) is 10.7. The van der Waals surface area contributed by atoms with E-state index in [9.17, 15) is 0 Å². The van der Waals surface area contributed by atoms with Crippen molar-refractivity contribution in [2.45, 2.75) is 12.8 Å². The Kier molecular flexibility index (Phi) is 4.05. The van der Waals surface area contributed by atoms with Crippen LogP contribution in [0, 0.1) is 5.92 Å². The van der Waals surface area contributed by atoms with Crippen molar-refractivity contribution >= 4 is 11.3 Å². The number of rotatable bonds is 4. The molecule has 1 aliphatic rings. The zero-order valence-corrected chi connectivity index (χ0v) is 11.5. The van der Waals surface area contributed by atoms with Crippen LogP contribution < -0.4 is 10.1 Å². The molecule has 2 aromatic heterocycles. The fraction of sp³-hybridized carbons (Fsp3) is 0.429. The van der Waals surface area contributed by atoms with E-state index >= 15 is 0 Å². The van der Waals surface area contributed by atoms with E-state index in [0.717, 1.165) is 30.3 Å². The maximum absolute atomic E-state index is 5.91. The molecule has 1 N–H and O–H groups in total. The molecule has 0 bridgehead atoms. The van der Waals surface area contributed by atoms with Crippen LogP contribution >= 0.6 is 11.3 Å². The van der Waals surface area contributed by atoms with Gasteiger partial charge in [-0.2, -0.15) is 0 Å². The first kappa shape index (κ1) is 12.6. The molecule has 3 heterocycles. The minimum absolute atomic E-state index is 0.624. The minimum Gasteiger partial charge on any atom is -0.476 e. The smallest absolute Gasteiger partial charge is 0.241 e. The number of thiophene rings is 1. The summed E-state index contributed by atoms with van der Waals surface area (Å²) >= 11 is 1.66. The number of nitrogens with one attached hydrogen (secondary N) is 1. The Morgan fingerprint density at radius 2 is 2.11 bits per heavy atom. The summed E-state index contributed by atoms with van der Waals surface area (Å²) in [5.41, 5.74) is 0.853. The van der Waals surface area contributed by atoms with Crippen LogP contribution in [0.3, 0.4) is 0 Å². The van der Waals surface area contributed by atoms with Gasteiger partial charge in [-0.25, -0.2) is 9.97 Å². The summed E-state index contributed by atoms with van der Waals surface area (Å²) in [6.45, 7) is 2.91. The van der Waals surface area contributed by atoms with Crippen LogP contribution in [0.15, 0.2) is 29.9 Å². The predicted octanol–water partition coefficient (Wildman–Crippen LogP) is 2.58. The van der Waals surface area contributed by atoms with Gasteiger partial charge < -0.3 is 10.1 Å². The third-order valence-corrected chi connectivity index (χ3v) is 4.21. The molecule has 1 saturated heterocycles. The van der Waals surface area contributed by atoms with Gasteiger partial charge in [-0.05, 0) is 43.3 Å². The van der Waals surface area contributed by atoms with E-state index in [1.54, 1.807) is 23.7 Å². The SMILES string of the molecule is c1csc(-c2nccnc2OCC2CCNCC2)c1. The summed E-state index contributed by atoms with van der Waals surface area (Å²) in [7, 11) is 0. The van der Waals surface area contributed by atoms with Gasteiger partial charge in [0.25, 0.3) is 0 Å². The molecule has 0 atom stereocenters. The predicted molar refractivity (Wildman–Crippen MR) is 76.4 cm³/mol. The van der Waals surface area contributed by atoms with Gasteiger partial charge in [0, 0.05) is 12.4 Å². The second-order valence-electron chi connectivity index (χ2n) is 4.69. The lowest BCUT2D eigenvalue weighted by Crippen LogP contribution is -2.30. The Labute approximate surface area is 116 Å². The van der Waals surface area contributed by atoms with Crippen molar-refractivity contribution in [2.24, 2.45) is 5.92 Å². The van der Waals surface area contributed by atoms with E-state index in [2.05, 4.69) is 15.3 Å². The molecule has 3 rings (SSSR count). The lowest BCUT2D eigenvalue weighted by Gasteiger charge is -2.22. The third kappa shape index (κ3) is 3.11. The van der Waals surface area contributed by atoms with E-state index in [0.29, 0.717) is 11.8 Å². The highest BCUT2D eigenvalue weighted by atomic mass is 32.1. The van der Waals surface area contributed by atoms with Crippen molar-refractivity contribution in [1.29, 1.82) is 0 Å². The number of hydrogen-bond acceptors (Lipinski definition) is 5. The van der Waals surface area contributed by atoms with Gasteiger partial charge in [-0.1, -0.05) is 6.07 Å². The molecular weight excluding hydrogens is 258 g/mol. The van der Waals surface area contributed by atoms with Crippen LogP contribution in [0.5, 0.6) is 5.88 Å². The summed E-state index contributed by atoms with van der Waals surface area (Å²) in [5.74, 6) is 1.28. The fourth-order valence-electron chi connectivity index (χ4n) is 2.26. The van der Waals surface area contributed by atoms with Crippen molar-refractivity contribution in [3.8, 4) is 16.5 Å². The number of piperidine rings is 1. The van der Waals surface area contributed by atoms with E-state index in [1.165, 1.54) is 12.8 Å². The Hall–Kier alpha value is -1.46. The molecule has 0 radical (unpaired) electrons. The first-order valence-corrected chi connectivity index (χ1v) is 7.50. The van der Waals surface area contributed by atoms with Crippen LogP contribution in [0.2, 0.25) is 0 Å². The molecule has 0 aromatic carbocycles. The van der Waals surface area contributed by atoms with Crippen LogP contribution in [0.4, 0.5) is 0 Å². The highest BCUT2D eigenvalue weighted by molar-refractivity contribution is 7.13. The molecule has 4 nitrogen and oxygen atoms in total. The second-order valence-corrected chi connectivity index (χ2v) is 5.64. The number of aromatic nitrogens is 2. The number of hydrogen-bond donors (Lipinski definition) is 1. The summed E-state index contributed by atoms with van der Waals surface area (Å²) < 4.78 is 5.91. The van der Waals surface area contributed by atoms with Crippen LogP contribution in [0.25, 0.3) is 10.6 Å². The molecule has 0 aliphatic carbocycles.